The van der Waals surface area contributed by atoms with Gasteiger partial charge in [-0.2, -0.15) is 0 Å². The van der Waals surface area contributed by atoms with Gasteiger partial charge in [0.25, 0.3) is 0 Å². The van der Waals surface area contributed by atoms with Crippen molar-refractivity contribution >= 4 is 17.2 Å². The standard InChI is InChI=1S/C24H24ClN3O/c1-17-12-14-28-23(27-16-18-7-9-19(29-2)10-8-18)11-13-26-24(28)21(15-17)20-5-3-4-6-22(20)25/h3-11,13,15,17H,12,14,16H2,1-2H3. The van der Waals surface area contributed by atoms with Crippen LogP contribution in [0.5, 0.6) is 5.75 Å². The predicted octanol–water partition coefficient (Wildman–Crippen LogP) is 5.12. The van der Waals surface area contributed by atoms with Gasteiger partial charge in [0, 0.05) is 28.9 Å². The Bertz CT molecular complexity index is 1100. The second-order valence-electron chi connectivity index (χ2n) is 7.27. The zero-order chi connectivity index (χ0) is 20.2. The molecule has 1 aliphatic rings. The van der Waals surface area contributed by atoms with Gasteiger partial charge in [0.1, 0.15) is 17.1 Å². The van der Waals surface area contributed by atoms with E-state index in [9.17, 15) is 0 Å². The molecule has 1 aliphatic heterocycles. The number of rotatable bonds is 4. The molecular formula is C24H24ClN3O. The highest BCUT2D eigenvalue weighted by Gasteiger charge is 2.19. The van der Waals surface area contributed by atoms with E-state index in [0.717, 1.165) is 51.7 Å². The van der Waals surface area contributed by atoms with Crippen molar-refractivity contribution in [2.75, 3.05) is 7.11 Å². The Morgan fingerprint density at radius 3 is 2.69 bits per heavy atom. The molecule has 0 saturated carbocycles. The van der Waals surface area contributed by atoms with E-state index < -0.39 is 0 Å². The number of hydrogen-bond donors (Lipinski definition) is 0. The van der Waals surface area contributed by atoms with E-state index in [4.69, 9.17) is 26.3 Å². The number of methoxy groups -OCH3 is 1. The average molecular weight is 406 g/mol. The van der Waals surface area contributed by atoms with Crippen LogP contribution in [0.1, 0.15) is 30.3 Å². The molecule has 0 fully saturated rings. The summed E-state index contributed by atoms with van der Waals surface area (Å²) in [4.78, 5) is 9.59. The SMILES string of the molecule is COc1ccc(CN=c2ccnc3n2CCC(C)C=C3c2ccccc2Cl)cc1. The first-order chi connectivity index (χ1) is 14.2. The Labute approximate surface area is 176 Å². The summed E-state index contributed by atoms with van der Waals surface area (Å²) in [7, 11) is 1.67. The lowest BCUT2D eigenvalue weighted by atomic mass is 9.99. The van der Waals surface area contributed by atoms with E-state index in [1.165, 1.54) is 0 Å². The fraction of sp³-hybridized carbons (Fsp3) is 0.250. The Morgan fingerprint density at radius 2 is 1.93 bits per heavy atom. The van der Waals surface area contributed by atoms with Crippen molar-refractivity contribution in [1.82, 2.24) is 9.55 Å². The van der Waals surface area contributed by atoms with Crippen LogP contribution >= 0.6 is 11.6 Å². The first-order valence-corrected chi connectivity index (χ1v) is 10.2. The van der Waals surface area contributed by atoms with Gasteiger partial charge < -0.3 is 9.30 Å². The largest absolute Gasteiger partial charge is 0.497 e. The highest BCUT2D eigenvalue weighted by Crippen LogP contribution is 2.31. The van der Waals surface area contributed by atoms with Crippen LogP contribution in [0.4, 0.5) is 0 Å². The maximum Gasteiger partial charge on any atom is 0.141 e. The average Bonchev–Trinajstić information content (AvgIpc) is 2.92. The minimum Gasteiger partial charge on any atom is -0.497 e. The smallest absolute Gasteiger partial charge is 0.141 e. The van der Waals surface area contributed by atoms with Crippen LogP contribution in [0.15, 0.2) is 71.9 Å². The summed E-state index contributed by atoms with van der Waals surface area (Å²) >= 11 is 6.52. The first kappa shape index (κ1) is 19.5. The molecule has 1 aromatic heterocycles. The molecule has 2 aromatic carbocycles. The molecule has 4 nitrogen and oxygen atoms in total. The number of benzene rings is 2. The number of halogens is 1. The fourth-order valence-corrected chi connectivity index (χ4v) is 3.82. The fourth-order valence-electron chi connectivity index (χ4n) is 3.58. The van der Waals surface area contributed by atoms with Gasteiger partial charge in [-0.3, -0.25) is 4.99 Å². The Balaban J connectivity index is 1.76. The summed E-state index contributed by atoms with van der Waals surface area (Å²) in [6.45, 7) is 3.71. The van der Waals surface area contributed by atoms with E-state index in [2.05, 4.69) is 23.6 Å². The third-order valence-corrected chi connectivity index (χ3v) is 5.53. The van der Waals surface area contributed by atoms with Crippen LogP contribution in [-0.4, -0.2) is 16.7 Å². The van der Waals surface area contributed by atoms with Crippen LogP contribution in [0, 0.1) is 5.92 Å². The molecule has 0 N–H and O–H groups in total. The lowest BCUT2D eigenvalue weighted by Crippen LogP contribution is -2.25. The van der Waals surface area contributed by atoms with E-state index in [0.29, 0.717) is 12.5 Å². The van der Waals surface area contributed by atoms with E-state index >= 15 is 0 Å². The Morgan fingerprint density at radius 1 is 1.14 bits per heavy atom. The Hall–Kier alpha value is -2.85. The molecule has 0 bridgehead atoms. The highest BCUT2D eigenvalue weighted by atomic mass is 35.5. The van der Waals surface area contributed by atoms with E-state index in [-0.39, 0.29) is 0 Å². The first-order valence-electron chi connectivity index (χ1n) is 9.82. The molecule has 0 spiro atoms. The van der Waals surface area contributed by atoms with Gasteiger partial charge in [0.05, 0.1) is 13.7 Å². The number of ether oxygens (including phenoxy) is 1. The molecule has 0 amide bonds. The number of hydrogen-bond acceptors (Lipinski definition) is 3. The predicted molar refractivity (Wildman–Crippen MR) is 117 cm³/mol. The molecule has 0 aliphatic carbocycles. The van der Waals surface area contributed by atoms with E-state index in [1.807, 2.05) is 54.7 Å². The zero-order valence-corrected chi connectivity index (χ0v) is 17.4. The van der Waals surface area contributed by atoms with Gasteiger partial charge in [-0.25, -0.2) is 4.98 Å². The van der Waals surface area contributed by atoms with Crippen molar-refractivity contribution in [2.45, 2.75) is 26.4 Å². The van der Waals surface area contributed by atoms with Gasteiger partial charge in [0.2, 0.25) is 0 Å². The topological polar surface area (TPSA) is 39.4 Å². The monoisotopic (exact) mass is 405 g/mol. The number of aromatic nitrogens is 2. The second-order valence-corrected chi connectivity index (χ2v) is 7.68. The molecule has 1 unspecified atom stereocenters. The molecule has 2 heterocycles. The van der Waals surface area contributed by atoms with Crippen LogP contribution in [0.2, 0.25) is 5.02 Å². The van der Waals surface area contributed by atoms with Crippen molar-refractivity contribution in [3.63, 3.8) is 0 Å². The van der Waals surface area contributed by atoms with Gasteiger partial charge >= 0.3 is 0 Å². The summed E-state index contributed by atoms with van der Waals surface area (Å²) in [5, 5.41) is 0.738. The molecule has 1 atom stereocenters. The van der Waals surface area contributed by atoms with Crippen molar-refractivity contribution in [2.24, 2.45) is 10.9 Å². The van der Waals surface area contributed by atoms with E-state index in [1.54, 1.807) is 7.11 Å². The normalized spacial score (nSPS) is 16.7. The molecule has 0 radical (unpaired) electrons. The van der Waals surface area contributed by atoms with Crippen LogP contribution < -0.4 is 10.2 Å². The molecule has 29 heavy (non-hydrogen) atoms. The van der Waals surface area contributed by atoms with Crippen molar-refractivity contribution < 1.29 is 4.74 Å². The molecule has 0 saturated heterocycles. The number of nitrogens with zero attached hydrogens (tertiary/aromatic N) is 3. The summed E-state index contributed by atoms with van der Waals surface area (Å²) in [6.07, 6.45) is 5.14. The van der Waals surface area contributed by atoms with Crippen LogP contribution in [0.3, 0.4) is 0 Å². The minimum absolute atomic E-state index is 0.428. The third-order valence-electron chi connectivity index (χ3n) is 5.20. The molecule has 148 valence electrons. The van der Waals surface area contributed by atoms with Crippen molar-refractivity contribution in [3.8, 4) is 5.75 Å². The van der Waals surface area contributed by atoms with Gasteiger partial charge in [0.15, 0.2) is 0 Å². The van der Waals surface area contributed by atoms with Crippen molar-refractivity contribution in [3.05, 3.63) is 94.3 Å². The minimum atomic E-state index is 0.428. The Kier molecular flexibility index (Phi) is 5.81. The maximum absolute atomic E-state index is 6.52. The lowest BCUT2D eigenvalue weighted by Gasteiger charge is -2.14. The van der Waals surface area contributed by atoms with Gasteiger partial charge in [-0.15, -0.1) is 0 Å². The number of allylic oxidation sites excluding steroid dienone is 1. The third kappa shape index (κ3) is 4.28. The lowest BCUT2D eigenvalue weighted by molar-refractivity contribution is 0.414. The van der Waals surface area contributed by atoms with Crippen LogP contribution in [0.25, 0.3) is 5.57 Å². The molecule has 4 rings (SSSR count). The zero-order valence-electron chi connectivity index (χ0n) is 16.7. The van der Waals surface area contributed by atoms with Crippen LogP contribution in [-0.2, 0) is 13.1 Å². The summed E-state index contributed by atoms with van der Waals surface area (Å²) < 4.78 is 7.44. The van der Waals surface area contributed by atoms with Crippen molar-refractivity contribution in [1.29, 1.82) is 0 Å². The second kappa shape index (κ2) is 8.66. The number of fused-ring (bicyclic) bond motifs is 1. The summed E-state index contributed by atoms with van der Waals surface area (Å²) in [6, 6.07) is 17.9. The van der Waals surface area contributed by atoms with Gasteiger partial charge in [-0.05, 0) is 42.2 Å². The quantitative estimate of drug-likeness (QED) is 0.604. The summed E-state index contributed by atoms with van der Waals surface area (Å²) in [5.74, 6) is 2.19. The molecular weight excluding hydrogens is 382 g/mol. The maximum atomic E-state index is 6.52. The molecule has 3 aromatic rings. The summed E-state index contributed by atoms with van der Waals surface area (Å²) in [5.41, 5.74) is 4.15. The highest BCUT2D eigenvalue weighted by molar-refractivity contribution is 6.32. The van der Waals surface area contributed by atoms with Gasteiger partial charge in [-0.1, -0.05) is 54.9 Å². The molecule has 5 heteroatoms.